The minimum absolute atomic E-state index is 0.324. The van der Waals surface area contributed by atoms with Crippen LogP contribution >= 0.6 is 0 Å². The van der Waals surface area contributed by atoms with Gasteiger partial charge in [-0.25, -0.2) is 10.8 Å². The number of rotatable bonds is 7. The van der Waals surface area contributed by atoms with Crippen molar-refractivity contribution in [3.63, 3.8) is 0 Å². The summed E-state index contributed by atoms with van der Waals surface area (Å²) in [6.07, 6.45) is 3.69. The summed E-state index contributed by atoms with van der Waals surface area (Å²) < 4.78 is 0. The number of hydrogen-bond donors (Lipinski definition) is 6. The zero-order chi connectivity index (χ0) is 18.2. The van der Waals surface area contributed by atoms with E-state index in [-0.39, 0.29) is 0 Å². The van der Waals surface area contributed by atoms with Gasteiger partial charge in [0.05, 0.1) is 12.2 Å². The first-order chi connectivity index (χ1) is 12.1. The van der Waals surface area contributed by atoms with E-state index >= 15 is 0 Å². The van der Waals surface area contributed by atoms with E-state index in [1.165, 1.54) is 6.20 Å². The van der Waals surface area contributed by atoms with Crippen molar-refractivity contribution in [2.75, 3.05) is 16.9 Å². The maximum Gasteiger partial charge on any atom is 0.165 e. The van der Waals surface area contributed by atoms with Crippen molar-refractivity contribution in [1.82, 2.24) is 4.98 Å². The van der Waals surface area contributed by atoms with Crippen molar-refractivity contribution in [2.45, 2.75) is 19.5 Å². The van der Waals surface area contributed by atoms with Crippen LogP contribution in [-0.4, -0.2) is 11.2 Å². The number of nitrogen functional groups attached to an aromatic ring is 3. The molecule has 2 aromatic rings. The summed E-state index contributed by atoms with van der Waals surface area (Å²) in [5, 5.41) is 0. The number of pyridine rings is 1. The average molecular weight is 340 g/mol. The van der Waals surface area contributed by atoms with E-state index in [2.05, 4.69) is 15.4 Å². The Bertz CT molecular complexity index is 765. The Morgan fingerprint density at radius 2 is 1.84 bits per heavy atom. The minimum atomic E-state index is 0.324. The average Bonchev–Trinajstić information content (AvgIpc) is 2.63. The number of aliphatic imine (C=N–C) groups is 1. The SMILES string of the molecule is NC=C(C=NCc1ccc(CN)cc1)Cc1cc(N)nc(NN)c1N. The van der Waals surface area contributed by atoms with Gasteiger partial charge in [0.1, 0.15) is 5.82 Å². The largest absolute Gasteiger partial charge is 0.404 e. The molecule has 8 heteroatoms. The van der Waals surface area contributed by atoms with E-state index < -0.39 is 0 Å². The third-order valence-electron chi connectivity index (χ3n) is 3.70. The molecule has 0 atom stereocenters. The molecular formula is C17H24N8. The van der Waals surface area contributed by atoms with E-state index in [9.17, 15) is 0 Å². The smallest absolute Gasteiger partial charge is 0.165 e. The molecule has 0 amide bonds. The molecule has 0 aliphatic carbocycles. The van der Waals surface area contributed by atoms with Gasteiger partial charge in [-0.1, -0.05) is 24.3 Å². The van der Waals surface area contributed by atoms with E-state index in [0.29, 0.717) is 36.8 Å². The maximum absolute atomic E-state index is 6.03. The van der Waals surface area contributed by atoms with Gasteiger partial charge in [0, 0.05) is 19.2 Å². The molecule has 1 aromatic carbocycles. The molecule has 0 aliphatic rings. The Morgan fingerprint density at radius 3 is 2.44 bits per heavy atom. The van der Waals surface area contributed by atoms with Gasteiger partial charge in [0.25, 0.3) is 0 Å². The van der Waals surface area contributed by atoms with Crippen LogP contribution in [0.15, 0.2) is 47.1 Å². The summed E-state index contributed by atoms with van der Waals surface area (Å²) in [5.41, 5.74) is 29.7. The van der Waals surface area contributed by atoms with Gasteiger partial charge in [-0.15, -0.1) is 0 Å². The fourth-order valence-electron chi connectivity index (χ4n) is 2.30. The first-order valence-electron chi connectivity index (χ1n) is 7.77. The lowest BCUT2D eigenvalue weighted by Gasteiger charge is -2.11. The molecule has 11 N–H and O–H groups in total. The van der Waals surface area contributed by atoms with Gasteiger partial charge >= 0.3 is 0 Å². The molecule has 0 unspecified atom stereocenters. The number of benzene rings is 1. The molecule has 25 heavy (non-hydrogen) atoms. The second kappa shape index (κ2) is 8.67. The van der Waals surface area contributed by atoms with Crippen LogP contribution in [0.1, 0.15) is 16.7 Å². The second-order valence-corrected chi connectivity index (χ2v) is 5.52. The number of aromatic nitrogens is 1. The van der Waals surface area contributed by atoms with Gasteiger partial charge in [0.2, 0.25) is 0 Å². The summed E-state index contributed by atoms with van der Waals surface area (Å²) in [5.74, 6) is 6.06. The molecule has 1 aromatic heterocycles. The third-order valence-corrected chi connectivity index (χ3v) is 3.70. The normalized spacial score (nSPS) is 11.8. The van der Waals surface area contributed by atoms with Crippen LogP contribution in [0, 0.1) is 0 Å². The third kappa shape index (κ3) is 4.93. The molecule has 0 aliphatic heterocycles. The number of hydrazine groups is 1. The van der Waals surface area contributed by atoms with Crippen LogP contribution in [0.4, 0.5) is 17.3 Å². The van der Waals surface area contributed by atoms with Gasteiger partial charge in [0.15, 0.2) is 5.82 Å². The Kier molecular flexibility index (Phi) is 6.33. The Morgan fingerprint density at radius 1 is 1.16 bits per heavy atom. The zero-order valence-corrected chi connectivity index (χ0v) is 13.9. The second-order valence-electron chi connectivity index (χ2n) is 5.52. The highest BCUT2D eigenvalue weighted by Crippen LogP contribution is 2.24. The maximum atomic E-state index is 6.03. The van der Waals surface area contributed by atoms with Crippen LogP contribution in [0.2, 0.25) is 0 Å². The monoisotopic (exact) mass is 340 g/mol. The number of nitrogens with zero attached hydrogens (tertiary/aromatic N) is 2. The Hall–Kier alpha value is -3.10. The van der Waals surface area contributed by atoms with Crippen LogP contribution in [0.5, 0.6) is 0 Å². The van der Waals surface area contributed by atoms with Crippen molar-refractivity contribution in [3.8, 4) is 0 Å². The lowest BCUT2D eigenvalue weighted by molar-refractivity contribution is 1.04. The molecule has 1 heterocycles. The molecule has 0 saturated carbocycles. The lowest BCUT2D eigenvalue weighted by atomic mass is 10.1. The van der Waals surface area contributed by atoms with Crippen molar-refractivity contribution in [3.05, 3.63) is 58.8 Å². The number of hydrogen-bond acceptors (Lipinski definition) is 8. The highest BCUT2D eigenvalue weighted by atomic mass is 15.3. The highest BCUT2D eigenvalue weighted by molar-refractivity contribution is 5.80. The van der Waals surface area contributed by atoms with Crippen LogP contribution in [-0.2, 0) is 19.5 Å². The predicted molar refractivity (Wildman–Crippen MR) is 103 cm³/mol. The Labute approximate surface area is 146 Å². The summed E-state index contributed by atoms with van der Waals surface area (Å²) in [7, 11) is 0. The molecular weight excluding hydrogens is 316 g/mol. The molecule has 0 bridgehead atoms. The molecule has 0 radical (unpaired) electrons. The van der Waals surface area contributed by atoms with E-state index in [0.717, 1.165) is 22.3 Å². The van der Waals surface area contributed by atoms with E-state index in [4.69, 9.17) is 28.8 Å². The first-order valence-corrected chi connectivity index (χ1v) is 7.77. The number of nitrogens with one attached hydrogen (secondary N) is 1. The summed E-state index contributed by atoms with van der Waals surface area (Å²) in [6.45, 7) is 1.07. The fourth-order valence-corrected chi connectivity index (χ4v) is 2.30. The topological polar surface area (TPSA) is 167 Å². The van der Waals surface area contributed by atoms with Crippen LogP contribution < -0.4 is 34.2 Å². The molecule has 132 valence electrons. The van der Waals surface area contributed by atoms with Crippen molar-refractivity contribution in [1.29, 1.82) is 0 Å². The lowest BCUT2D eigenvalue weighted by Crippen LogP contribution is -2.14. The molecule has 2 rings (SSSR count). The van der Waals surface area contributed by atoms with E-state index in [1.54, 1.807) is 12.3 Å². The number of nitrogens with two attached hydrogens (primary N) is 5. The van der Waals surface area contributed by atoms with Crippen LogP contribution in [0.25, 0.3) is 0 Å². The van der Waals surface area contributed by atoms with E-state index in [1.807, 2.05) is 24.3 Å². The number of anilines is 3. The van der Waals surface area contributed by atoms with Crippen molar-refractivity contribution in [2.24, 2.45) is 22.3 Å². The van der Waals surface area contributed by atoms with Gasteiger partial charge < -0.3 is 28.4 Å². The molecule has 0 saturated heterocycles. The fraction of sp³-hybridized carbons (Fsp3) is 0.176. The number of allylic oxidation sites excluding steroid dienone is 1. The summed E-state index contributed by atoms with van der Waals surface area (Å²) in [4.78, 5) is 8.45. The highest BCUT2D eigenvalue weighted by Gasteiger charge is 2.09. The first kappa shape index (κ1) is 18.2. The standard InChI is InChI=1S/C17H24N8/c18-7-11-1-3-12(4-2-11)9-23-10-13(8-19)5-14-6-15(20)24-17(25-22)16(14)21/h1-4,6,8,10H,5,7,9,18-19,21-22H2,(H3,20,24,25). The molecule has 8 nitrogen and oxygen atoms in total. The van der Waals surface area contributed by atoms with Gasteiger partial charge in [-0.2, -0.15) is 0 Å². The summed E-state index contributed by atoms with van der Waals surface area (Å²) in [6, 6.07) is 9.69. The van der Waals surface area contributed by atoms with Crippen molar-refractivity contribution >= 4 is 23.5 Å². The van der Waals surface area contributed by atoms with Gasteiger partial charge in [-0.3, -0.25) is 4.99 Å². The zero-order valence-electron chi connectivity index (χ0n) is 13.9. The summed E-state index contributed by atoms with van der Waals surface area (Å²) >= 11 is 0. The minimum Gasteiger partial charge on any atom is -0.404 e. The van der Waals surface area contributed by atoms with Crippen LogP contribution in [0.3, 0.4) is 0 Å². The molecule has 0 fully saturated rings. The quantitative estimate of drug-likeness (QED) is 0.244. The molecule has 0 spiro atoms. The predicted octanol–water partition coefficient (Wildman–Crippen LogP) is 0.646. The Balaban J connectivity index is 2.06. The van der Waals surface area contributed by atoms with Gasteiger partial charge in [-0.05, 0) is 34.5 Å². The van der Waals surface area contributed by atoms with Crippen molar-refractivity contribution < 1.29 is 0 Å².